The summed E-state index contributed by atoms with van der Waals surface area (Å²) in [7, 11) is 2.02. The summed E-state index contributed by atoms with van der Waals surface area (Å²) in [6, 6.07) is 0.494. The monoisotopic (exact) mass is 356 g/mol. The molecule has 2 heterocycles. The van der Waals surface area contributed by atoms with Gasteiger partial charge in [0.1, 0.15) is 4.47 Å². The maximum atomic E-state index is 12.3. The number of likely N-dealkylation sites (N-methyl/N-ethyl adjacent to an activating group) is 1. The minimum absolute atomic E-state index is 0.0512. The van der Waals surface area contributed by atoms with Crippen LogP contribution >= 0.6 is 15.9 Å². The smallest absolute Gasteiger partial charge is 0.283 e. The van der Waals surface area contributed by atoms with Crippen molar-refractivity contribution in [3.63, 3.8) is 0 Å². The second-order valence-corrected chi connectivity index (χ2v) is 7.05. The summed E-state index contributed by atoms with van der Waals surface area (Å²) in [5.41, 5.74) is 0.817. The van der Waals surface area contributed by atoms with Crippen LogP contribution in [0, 0.1) is 5.92 Å². The third kappa shape index (κ3) is 4.30. The number of rotatable bonds is 5. The lowest BCUT2D eigenvalue weighted by atomic mass is 10.0. The number of anilines is 1. The van der Waals surface area contributed by atoms with E-state index in [-0.39, 0.29) is 5.56 Å². The van der Waals surface area contributed by atoms with Gasteiger partial charge in [-0.15, -0.1) is 0 Å². The Morgan fingerprint density at radius 2 is 2.29 bits per heavy atom. The van der Waals surface area contributed by atoms with Crippen molar-refractivity contribution in [3.05, 3.63) is 21.0 Å². The summed E-state index contributed by atoms with van der Waals surface area (Å²) < 4.78 is 2.14. The minimum Gasteiger partial charge on any atom is -0.371 e. The fourth-order valence-corrected chi connectivity index (χ4v) is 3.32. The Morgan fingerprint density at radius 1 is 1.52 bits per heavy atom. The molecular formula is C15H25BrN4O. The van der Waals surface area contributed by atoms with E-state index in [1.165, 1.54) is 23.9 Å². The molecule has 0 spiro atoms. The minimum atomic E-state index is -0.0512. The number of hydrogen-bond donors (Lipinski definition) is 1. The number of nitrogens with zero attached hydrogens (tertiary/aromatic N) is 3. The number of piperidine rings is 1. The highest BCUT2D eigenvalue weighted by Gasteiger charge is 2.18. The van der Waals surface area contributed by atoms with Crippen LogP contribution in [0.3, 0.4) is 0 Å². The zero-order valence-corrected chi connectivity index (χ0v) is 14.7. The van der Waals surface area contributed by atoms with Gasteiger partial charge in [0.25, 0.3) is 5.56 Å². The number of hydrogen-bond acceptors (Lipinski definition) is 4. The molecule has 0 saturated carbocycles. The van der Waals surface area contributed by atoms with Gasteiger partial charge in [0.15, 0.2) is 0 Å². The molecule has 0 bridgehead atoms. The van der Waals surface area contributed by atoms with Crippen LogP contribution in [0.4, 0.5) is 5.69 Å². The molecule has 1 aromatic rings. The van der Waals surface area contributed by atoms with Crippen LogP contribution in [0.15, 0.2) is 15.5 Å². The average Bonchev–Trinajstić information content (AvgIpc) is 2.44. The molecular weight excluding hydrogens is 332 g/mol. The van der Waals surface area contributed by atoms with Crippen LogP contribution in [-0.4, -0.2) is 36.0 Å². The van der Waals surface area contributed by atoms with Crippen LogP contribution in [0.1, 0.15) is 33.1 Å². The quantitative estimate of drug-likeness (QED) is 0.878. The Bertz CT molecular complexity index is 523. The van der Waals surface area contributed by atoms with Gasteiger partial charge in [0, 0.05) is 26.2 Å². The van der Waals surface area contributed by atoms with E-state index in [1.54, 1.807) is 6.20 Å². The molecule has 1 fully saturated rings. The molecule has 6 heteroatoms. The van der Waals surface area contributed by atoms with Gasteiger partial charge in [-0.25, -0.2) is 4.68 Å². The first-order chi connectivity index (χ1) is 9.99. The molecule has 0 radical (unpaired) electrons. The van der Waals surface area contributed by atoms with Crippen molar-refractivity contribution in [2.45, 2.75) is 45.7 Å². The zero-order valence-electron chi connectivity index (χ0n) is 13.1. The fraction of sp³-hybridized carbons (Fsp3) is 0.733. The molecule has 21 heavy (non-hydrogen) atoms. The molecule has 0 amide bonds. The number of halogens is 1. The summed E-state index contributed by atoms with van der Waals surface area (Å²) in [5.74, 6) is 0.400. The molecule has 118 valence electrons. The molecule has 1 unspecified atom stereocenters. The predicted octanol–water partition coefficient (Wildman–Crippen LogP) is 2.24. The first kappa shape index (κ1) is 16.5. The summed E-state index contributed by atoms with van der Waals surface area (Å²) in [4.78, 5) is 14.4. The van der Waals surface area contributed by atoms with Gasteiger partial charge in [-0.2, -0.15) is 5.10 Å². The van der Waals surface area contributed by atoms with E-state index in [9.17, 15) is 4.79 Å². The first-order valence-corrected chi connectivity index (χ1v) is 8.48. The maximum Gasteiger partial charge on any atom is 0.283 e. The zero-order chi connectivity index (χ0) is 15.4. The molecule has 1 atom stereocenters. The molecule has 1 aliphatic rings. The number of aromatic nitrogens is 2. The van der Waals surface area contributed by atoms with E-state index >= 15 is 0 Å². The van der Waals surface area contributed by atoms with E-state index in [1.807, 2.05) is 7.05 Å². The van der Waals surface area contributed by atoms with Crippen molar-refractivity contribution in [2.75, 3.05) is 25.0 Å². The lowest BCUT2D eigenvalue weighted by molar-refractivity contribution is 0.403. The van der Waals surface area contributed by atoms with Gasteiger partial charge in [-0.1, -0.05) is 20.3 Å². The summed E-state index contributed by atoms with van der Waals surface area (Å²) >= 11 is 3.45. The topological polar surface area (TPSA) is 50.2 Å². The SMILES string of the molecule is CC(C)Cn1ncc(N(C)CC2CCCCN2)c(Br)c1=O. The van der Waals surface area contributed by atoms with Crippen molar-refractivity contribution in [1.82, 2.24) is 15.1 Å². The Balaban J connectivity index is 2.12. The highest BCUT2D eigenvalue weighted by atomic mass is 79.9. The second kappa shape index (κ2) is 7.40. The first-order valence-electron chi connectivity index (χ1n) is 7.69. The third-order valence-corrected chi connectivity index (χ3v) is 4.57. The Hall–Kier alpha value is -0.880. The van der Waals surface area contributed by atoms with E-state index < -0.39 is 0 Å². The summed E-state index contributed by atoms with van der Waals surface area (Å²) in [5, 5.41) is 7.84. The Labute approximate surface area is 134 Å². The van der Waals surface area contributed by atoms with Crippen molar-refractivity contribution < 1.29 is 0 Å². The highest BCUT2D eigenvalue weighted by Crippen LogP contribution is 2.21. The third-order valence-electron chi connectivity index (χ3n) is 3.82. The molecule has 1 aromatic heterocycles. The van der Waals surface area contributed by atoms with Gasteiger partial charge in [0.2, 0.25) is 0 Å². The molecule has 1 N–H and O–H groups in total. The van der Waals surface area contributed by atoms with E-state index in [0.717, 1.165) is 18.8 Å². The highest BCUT2D eigenvalue weighted by molar-refractivity contribution is 9.10. The van der Waals surface area contributed by atoms with Crippen molar-refractivity contribution >= 4 is 21.6 Å². The average molecular weight is 357 g/mol. The normalized spacial score (nSPS) is 19.0. The molecule has 5 nitrogen and oxygen atoms in total. The lowest BCUT2D eigenvalue weighted by Gasteiger charge is -2.29. The Morgan fingerprint density at radius 3 is 2.90 bits per heavy atom. The van der Waals surface area contributed by atoms with Crippen molar-refractivity contribution in [1.29, 1.82) is 0 Å². The van der Waals surface area contributed by atoms with Crippen LogP contribution in [0.2, 0.25) is 0 Å². The van der Waals surface area contributed by atoms with Crippen LogP contribution in [0.5, 0.6) is 0 Å². The van der Waals surface area contributed by atoms with E-state index in [0.29, 0.717) is 23.0 Å². The van der Waals surface area contributed by atoms with E-state index in [2.05, 4.69) is 45.1 Å². The predicted molar refractivity (Wildman–Crippen MR) is 89.9 cm³/mol. The molecule has 0 aliphatic carbocycles. The van der Waals surface area contributed by atoms with E-state index in [4.69, 9.17) is 0 Å². The Kier molecular flexibility index (Phi) is 5.81. The molecule has 2 rings (SSSR count). The largest absolute Gasteiger partial charge is 0.371 e. The molecule has 0 aromatic carbocycles. The molecule has 1 aliphatic heterocycles. The number of nitrogens with one attached hydrogen (secondary N) is 1. The fourth-order valence-electron chi connectivity index (χ4n) is 2.71. The summed E-state index contributed by atoms with van der Waals surface area (Å²) in [6.07, 6.45) is 5.52. The standard InChI is InChI=1S/C15H25BrN4O/c1-11(2)9-20-15(21)14(16)13(8-18-20)19(3)10-12-6-4-5-7-17-12/h8,11-12,17H,4-7,9-10H2,1-3H3. The van der Waals surface area contributed by atoms with Crippen molar-refractivity contribution in [2.24, 2.45) is 5.92 Å². The maximum absolute atomic E-state index is 12.3. The molecule has 1 saturated heterocycles. The van der Waals surface area contributed by atoms with Crippen LogP contribution in [-0.2, 0) is 6.54 Å². The van der Waals surface area contributed by atoms with Gasteiger partial charge in [-0.3, -0.25) is 4.79 Å². The second-order valence-electron chi connectivity index (χ2n) is 6.25. The van der Waals surface area contributed by atoms with Crippen molar-refractivity contribution in [3.8, 4) is 0 Å². The van der Waals surface area contributed by atoms with Gasteiger partial charge >= 0.3 is 0 Å². The van der Waals surface area contributed by atoms with Gasteiger partial charge in [-0.05, 0) is 41.2 Å². The van der Waals surface area contributed by atoms with Crippen LogP contribution < -0.4 is 15.8 Å². The lowest BCUT2D eigenvalue weighted by Crippen LogP contribution is -2.43. The van der Waals surface area contributed by atoms with Crippen LogP contribution in [0.25, 0.3) is 0 Å². The van der Waals surface area contributed by atoms with Gasteiger partial charge in [0.05, 0.1) is 11.9 Å². The summed E-state index contributed by atoms with van der Waals surface area (Å²) in [6.45, 7) is 6.79. The van der Waals surface area contributed by atoms with Gasteiger partial charge < -0.3 is 10.2 Å².